The van der Waals surface area contributed by atoms with Crippen LogP contribution in [0, 0.1) is 6.92 Å². The number of rotatable bonds is 4. The van der Waals surface area contributed by atoms with E-state index in [2.05, 4.69) is 40.4 Å². The van der Waals surface area contributed by atoms with Gasteiger partial charge in [-0.2, -0.15) is 0 Å². The maximum Gasteiger partial charge on any atom is 0.124 e. The zero-order valence-corrected chi connectivity index (χ0v) is 12.8. The third-order valence-corrected chi connectivity index (χ3v) is 4.32. The molecule has 0 bridgehead atoms. The summed E-state index contributed by atoms with van der Waals surface area (Å²) >= 11 is 5.12. The molecule has 0 aliphatic rings. The Hall–Kier alpha value is -0.840. The van der Waals surface area contributed by atoms with Crippen molar-refractivity contribution in [3.05, 3.63) is 50.1 Å². The topological polar surface area (TPSA) is 35.2 Å². The van der Waals surface area contributed by atoms with Crippen molar-refractivity contribution < 1.29 is 4.74 Å². The summed E-state index contributed by atoms with van der Waals surface area (Å²) in [7, 11) is 0. The number of nitrogens with two attached hydrogens (primary N) is 1. The molecule has 4 heteroatoms. The van der Waals surface area contributed by atoms with Crippen LogP contribution in [-0.4, -0.2) is 0 Å². The lowest BCUT2D eigenvalue weighted by Gasteiger charge is -2.14. The van der Waals surface area contributed by atoms with Crippen molar-refractivity contribution in [2.24, 2.45) is 5.73 Å². The number of halogens is 1. The molecule has 2 rings (SSSR count). The van der Waals surface area contributed by atoms with Gasteiger partial charge in [-0.25, -0.2) is 0 Å². The molecule has 0 saturated heterocycles. The van der Waals surface area contributed by atoms with E-state index in [1.54, 1.807) is 11.3 Å². The molecule has 0 spiro atoms. The molecule has 1 atom stereocenters. The van der Waals surface area contributed by atoms with Crippen molar-refractivity contribution in [3.63, 3.8) is 0 Å². The van der Waals surface area contributed by atoms with Gasteiger partial charge in [0.15, 0.2) is 0 Å². The normalized spacial score (nSPS) is 12.4. The largest absolute Gasteiger partial charge is 0.488 e. The van der Waals surface area contributed by atoms with Gasteiger partial charge < -0.3 is 10.5 Å². The van der Waals surface area contributed by atoms with Gasteiger partial charge in [-0.1, -0.05) is 17.7 Å². The minimum absolute atomic E-state index is 0.0185. The number of ether oxygens (including phenoxy) is 1. The monoisotopic (exact) mass is 325 g/mol. The molecule has 0 unspecified atom stereocenters. The lowest BCUT2D eigenvalue weighted by Crippen LogP contribution is -2.08. The SMILES string of the molecule is Cc1ccc(OCc2cc(Br)cs2)c([C@H](C)N)c1. The summed E-state index contributed by atoms with van der Waals surface area (Å²) in [5.41, 5.74) is 8.23. The number of aryl methyl sites for hydroxylation is 1. The van der Waals surface area contributed by atoms with Gasteiger partial charge in [0.25, 0.3) is 0 Å². The highest BCUT2D eigenvalue weighted by Gasteiger charge is 2.09. The van der Waals surface area contributed by atoms with E-state index in [1.807, 2.05) is 19.1 Å². The number of benzene rings is 1. The van der Waals surface area contributed by atoms with Gasteiger partial charge in [0.1, 0.15) is 12.4 Å². The minimum atomic E-state index is -0.0185. The Morgan fingerprint density at radius 1 is 1.39 bits per heavy atom. The Bertz CT molecular complexity index is 536. The van der Waals surface area contributed by atoms with E-state index in [-0.39, 0.29) is 6.04 Å². The lowest BCUT2D eigenvalue weighted by molar-refractivity contribution is 0.305. The average Bonchev–Trinajstić information content (AvgIpc) is 2.73. The third-order valence-electron chi connectivity index (χ3n) is 2.65. The van der Waals surface area contributed by atoms with Crippen LogP contribution in [0.4, 0.5) is 0 Å². The van der Waals surface area contributed by atoms with Gasteiger partial charge in [-0.15, -0.1) is 11.3 Å². The smallest absolute Gasteiger partial charge is 0.124 e. The van der Waals surface area contributed by atoms with Crippen LogP contribution in [-0.2, 0) is 6.61 Å². The predicted molar refractivity (Wildman–Crippen MR) is 80.1 cm³/mol. The molecule has 0 aliphatic carbocycles. The van der Waals surface area contributed by atoms with Gasteiger partial charge in [0.05, 0.1) is 0 Å². The van der Waals surface area contributed by atoms with Crippen LogP contribution in [0.1, 0.15) is 29.0 Å². The minimum Gasteiger partial charge on any atom is -0.488 e. The van der Waals surface area contributed by atoms with Crippen LogP contribution < -0.4 is 10.5 Å². The molecule has 18 heavy (non-hydrogen) atoms. The Kier molecular flexibility index (Phi) is 4.43. The molecule has 0 fully saturated rings. The van der Waals surface area contributed by atoms with Gasteiger partial charge in [0.2, 0.25) is 0 Å². The number of hydrogen-bond donors (Lipinski definition) is 1. The molecular weight excluding hydrogens is 310 g/mol. The first-order valence-corrected chi connectivity index (χ1v) is 7.45. The van der Waals surface area contributed by atoms with Crippen molar-refractivity contribution in [2.75, 3.05) is 0 Å². The van der Waals surface area contributed by atoms with Crippen molar-refractivity contribution in [3.8, 4) is 5.75 Å². The van der Waals surface area contributed by atoms with E-state index in [0.29, 0.717) is 6.61 Å². The van der Waals surface area contributed by atoms with Gasteiger partial charge in [0, 0.05) is 26.3 Å². The molecule has 0 aliphatic heterocycles. The highest BCUT2D eigenvalue weighted by molar-refractivity contribution is 9.10. The second kappa shape index (κ2) is 5.87. The first-order chi connectivity index (χ1) is 8.56. The summed E-state index contributed by atoms with van der Waals surface area (Å²) in [6, 6.07) is 8.19. The summed E-state index contributed by atoms with van der Waals surface area (Å²) in [4.78, 5) is 1.19. The zero-order chi connectivity index (χ0) is 13.1. The summed E-state index contributed by atoms with van der Waals surface area (Å²) in [6.45, 7) is 4.62. The van der Waals surface area contributed by atoms with Crippen molar-refractivity contribution in [2.45, 2.75) is 26.5 Å². The van der Waals surface area contributed by atoms with Crippen LogP contribution in [0.5, 0.6) is 5.75 Å². The molecule has 1 heterocycles. The highest BCUT2D eigenvalue weighted by atomic mass is 79.9. The van der Waals surface area contributed by atoms with Gasteiger partial charge in [-0.05, 0) is 41.9 Å². The Balaban J connectivity index is 2.13. The fourth-order valence-electron chi connectivity index (χ4n) is 1.73. The van der Waals surface area contributed by atoms with Crippen LogP contribution in [0.25, 0.3) is 0 Å². The van der Waals surface area contributed by atoms with E-state index >= 15 is 0 Å². The second-order valence-electron chi connectivity index (χ2n) is 4.35. The zero-order valence-electron chi connectivity index (χ0n) is 10.4. The molecule has 0 radical (unpaired) electrons. The Morgan fingerprint density at radius 3 is 2.78 bits per heavy atom. The van der Waals surface area contributed by atoms with Crippen LogP contribution in [0.15, 0.2) is 34.1 Å². The van der Waals surface area contributed by atoms with E-state index in [9.17, 15) is 0 Å². The third kappa shape index (κ3) is 3.34. The van der Waals surface area contributed by atoms with Crippen molar-refractivity contribution in [1.29, 1.82) is 0 Å². The maximum atomic E-state index is 5.97. The first-order valence-electron chi connectivity index (χ1n) is 5.78. The van der Waals surface area contributed by atoms with Crippen molar-refractivity contribution >= 4 is 27.3 Å². The van der Waals surface area contributed by atoms with E-state index in [4.69, 9.17) is 10.5 Å². The molecule has 96 valence electrons. The molecule has 0 saturated carbocycles. The van der Waals surface area contributed by atoms with Gasteiger partial charge >= 0.3 is 0 Å². The quantitative estimate of drug-likeness (QED) is 0.903. The number of thiophene rings is 1. The van der Waals surface area contributed by atoms with E-state index in [0.717, 1.165) is 15.8 Å². The first kappa shape index (κ1) is 13.6. The summed E-state index contributed by atoms with van der Waals surface area (Å²) in [6.07, 6.45) is 0. The van der Waals surface area contributed by atoms with Crippen LogP contribution >= 0.6 is 27.3 Å². The second-order valence-corrected chi connectivity index (χ2v) is 6.26. The van der Waals surface area contributed by atoms with Gasteiger partial charge in [-0.3, -0.25) is 0 Å². The molecule has 2 N–H and O–H groups in total. The summed E-state index contributed by atoms with van der Waals surface area (Å²) in [5.74, 6) is 0.875. The predicted octanol–water partition coefficient (Wildman–Crippen LogP) is 4.42. The molecular formula is C14H16BrNOS. The molecule has 1 aromatic carbocycles. The number of hydrogen-bond acceptors (Lipinski definition) is 3. The fourth-order valence-corrected chi connectivity index (χ4v) is 3.10. The fraction of sp³-hybridized carbons (Fsp3) is 0.286. The van der Waals surface area contributed by atoms with E-state index < -0.39 is 0 Å². The average molecular weight is 326 g/mol. The summed E-state index contributed by atoms with van der Waals surface area (Å²) in [5, 5.41) is 2.06. The molecule has 2 aromatic rings. The molecule has 0 amide bonds. The highest BCUT2D eigenvalue weighted by Crippen LogP contribution is 2.27. The van der Waals surface area contributed by atoms with E-state index in [1.165, 1.54) is 10.4 Å². The van der Waals surface area contributed by atoms with Crippen LogP contribution in [0.2, 0.25) is 0 Å². The van der Waals surface area contributed by atoms with Crippen LogP contribution in [0.3, 0.4) is 0 Å². The molecule has 2 nitrogen and oxygen atoms in total. The standard InChI is InChI=1S/C14H16BrNOS/c1-9-3-4-14(13(5-9)10(2)16)17-7-12-6-11(15)8-18-12/h3-6,8,10H,7,16H2,1-2H3/t10-/m0/s1. The Morgan fingerprint density at radius 2 is 2.17 bits per heavy atom. The lowest BCUT2D eigenvalue weighted by atomic mass is 10.1. The maximum absolute atomic E-state index is 5.97. The summed E-state index contributed by atoms with van der Waals surface area (Å²) < 4.78 is 6.96. The Labute approximate surface area is 120 Å². The molecule has 1 aromatic heterocycles. The van der Waals surface area contributed by atoms with Crippen molar-refractivity contribution in [1.82, 2.24) is 0 Å².